The van der Waals surface area contributed by atoms with Crippen LogP contribution in [0.1, 0.15) is 32.4 Å². The summed E-state index contributed by atoms with van der Waals surface area (Å²) in [5, 5.41) is 1.49. The maximum Gasteiger partial charge on any atom is 0.0655 e. The third kappa shape index (κ3) is 2.79. The highest BCUT2D eigenvalue weighted by atomic mass is 35.5. The summed E-state index contributed by atoms with van der Waals surface area (Å²) in [5.41, 5.74) is 6.72. The molecule has 4 heteroatoms. The number of benzene rings is 1. The van der Waals surface area contributed by atoms with Crippen LogP contribution in [0.25, 0.3) is 0 Å². The molecule has 0 spiro atoms. The molecule has 0 saturated carbocycles. The summed E-state index contributed by atoms with van der Waals surface area (Å²) in [7, 11) is 0. The van der Waals surface area contributed by atoms with Crippen LogP contribution in [0.5, 0.6) is 0 Å². The summed E-state index contributed by atoms with van der Waals surface area (Å²) < 4.78 is 0. The molecule has 0 aromatic heterocycles. The van der Waals surface area contributed by atoms with E-state index in [1.54, 1.807) is 12.1 Å². The molecular formula is C11H14Cl3N. The summed E-state index contributed by atoms with van der Waals surface area (Å²) in [6, 6.07) is 3.15. The smallest absolute Gasteiger partial charge is 0.0655 e. The quantitative estimate of drug-likeness (QED) is 0.733. The minimum atomic E-state index is -0.240. The first-order valence-electron chi connectivity index (χ1n) is 4.64. The van der Waals surface area contributed by atoms with Crippen LogP contribution in [-0.4, -0.2) is 0 Å². The minimum Gasteiger partial charge on any atom is -0.323 e. The fraction of sp³-hybridized carbons (Fsp3) is 0.455. The molecule has 1 atom stereocenters. The van der Waals surface area contributed by atoms with E-state index in [9.17, 15) is 0 Å². The number of rotatable bonds is 1. The van der Waals surface area contributed by atoms with Gasteiger partial charge in [-0.05, 0) is 17.5 Å². The van der Waals surface area contributed by atoms with Gasteiger partial charge in [0.1, 0.15) is 0 Å². The van der Waals surface area contributed by atoms with Crippen LogP contribution in [0.2, 0.25) is 15.1 Å². The van der Waals surface area contributed by atoms with E-state index in [4.69, 9.17) is 40.5 Å². The molecule has 0 saturated heterocycles. The second kappa shape index (κ2) is 4.50. The Hall–Kier alpha value is 0.0500. The first-order chi connectivity index (χ1) is 6.75. The monoisotopic (exact) mass is 265 g/mol. The van der Waals surface area contributed by atoms with Crippen molar-refractivity contribution in [3.05, 3.63) is 32.8 Å². The Morgan fingerprint density at radius 1 is 1.07 bits per heavy atom. The van der Waals surface area contributed by atoms with Crippen molar-refractivity contribution in [2.45, 2.75) is 26.8 Å². The van der Waals surface area contributed by atoms with Crippen molar-refractivity contribution in [2.75, 3.05) is 0 Å². The van der Waals surface area contributed by atoms with Crippen LogP contribution in [0.15, 0.2) is 12.1 Å². The Morgan fingerprint density at radius 2 is 1.53 bits per heavy atom. The van der Waals surface area contributed by atoms with Crippen LogP contribution in [0.3, 0.4) is 0 Å². The molecule has 0 unspecified atom stereocenters. The molecule has 84 valence electrons. The fourth-order valence-corrected chi connectivity index (χ4v) is 2.03. The van der Waals surface area contributed by atoms with Crippen molar-refractivity contribution in [2.24, 2.45) is 11.1 Å². The molecule has 0 aliphatic rings. The second-order valence-electron chi connectivity index (χ2n) is 4.60. The minimum absolute atomic E-state index is 0.113. The highest BCUT2D eigenvalue weighted by molar-refractivity contribution is 6.44. The summed E-state index contributed by atoms with van der Waals surface area (Å²) in [6.45, 7) is 6.10. The van der Waals surface area contributed by atoms with Crippen molar-refractivity contribution in [3.63, 3.8) is 0 Å². The lowest BCUT2D eigenvalue weighted by Crippen LogP contribution is -2.26. The van der Waals surface area contributed by atoms with E-state index < -0.39 is 0 Å². The van der Waals surface area contributed by atoms with Gasteiger partial charge in [0.2, 0.25) is 0 Å². The van der Waals surface area contributed by atoms with Gasteiger partial charge in [-0.15, -0.1) is 0 Å². The van der Waals surface area contributed by atoms with Crippen molar-refractivity contribution in [3.8, 4) is 0 Å². The number of hydrogen-bond donors (Lipinski definition) is 1. The van der Waals surface area contributed by atoms with E-state index in [1.165, 1.54) is 0 Å². The molecule has 1 rings (SSSR count). The molecule has 0 bridgehead atoms. The maximum absolute atomic E-state index is 6.12. The van der Waals surface area contributed by atoms with E-state index in [-0.39, 0.29) is 11.5 Å². The van der Waals surface area contributed by atoms with E-state index in [0.29, 0.717) is 15.1 Å². The molecule has 1 nitrogen and oxygen atoms in total. The van der Waals surface area contributed by atoms with Gasteiger partial charge in [0.25, 0.3) is 0 Å². The SMILES string of the molecule is CC(C)(C)[C@@H](N)c1c(Cl)ccc(Cl)c1Cl. The summed E-state index contributed by atoms with van der Waals surface area (Å²) in [5.74, 6) is 0. The van der Waals surface area contributed by atoms with E-state index in [0.717, 1.165) is 5.56 Å². The number of halogens is 3. The predicted octanol–water partition coefficient (Wildman–Crippen LogP) is 4.69. The molecule has 1 aromatic carbocycles. The van der Waals surface area contributed by atoms with Crippen LogP contribution >= 0.6 is 34.8 Å². The van der Waals surface area contributed by atoms with Gasteiger partial charge in [-0.25, -0.2) is 0 Å². The Balaban J connectivity index is 3.31. The highest BCUT2D eigenvalue weighted by Crippen LogP contribution is 2.41. The summed E-state index contributed by atoms with van der Waals surface area (Å²) in [6.07, 6.45) is 0. The van der Waals surface area contributed by atoms with Crippen LogP contribution < -0.4 is 5.73 Å². The van der Waals surface area contributed by atoms with Crippen LogP contribution in [-0.2, 0) is 0 Å². The first-order valence-corrected chi connectivity index (χ1v) is 5.77. The van der Waals surface area contributed by atoms with Gasteiger partial charge in [-0.1, -0.05) is 55.6 Å². The second-order valence-corrected chi connectivity index (χ2v) is 5.79. The molecule has 0 aliphatic carbocycles. The largest absolute Gasteiger partial charge is 0.323 e. The normalized spacial score (nSPS) is 14.1. The molecule has 0 heterocycles. The van der Waals surface area contributed by atoms with Crippen LogP contribution in [0, 0.1) is 5.41 Å². The molecule has 0 fully saturated rings. The molecule has 0 aliphatic heterocycles. The zero-order valence-corrected chi connectivity index (χ0v) is 11.2. The van der Waals surface area contributed by atoms with E-state index in [2.05, 4.69) is 0 Å². The molecular weight excluding hydrogens is 252 g/mol. The zero-order chi connectivity index (χ0) is 11.8. The first kappa shape index (κ1) is 13.1. The maximum atomic E-state index is 6.12. The number of hydrogen-bond acceptors (Lipinski definition) is 1. The third-order valence-corrected chi connectivity index (χ3v) is 3.47. The Kier molecular flexibility index (Phi) is 3.94. The lowest BCUT2D eigenvalue weighted by Gasteiger charge is -2.29. The van der Waals surface area contributed by atoms with Gasteiger partial charge in [0.15, 0.2) is 0 Å². The van der Waals surface area contributed by atoms with Gasteiger partial charge >= 0.3 is 0 Å². The van der Waals surface area contributed by atoms with Gasteiger partial charge < -0.3 is 5.73 Å². The molecule has 1 aromatic rings. The molecule has 15 heavy (non-hydrogen) atoms. The third-order valence-electron chi connectivity index (χ3n) is 2.32. The van der Waals surface area contributed by atoms with Crippen molar-refractivity contribution < 1.29 is 0 Å². The molecule has 0 radical (unpaired) electrons. The van der Waals surface area contributed by atoms with Crippen molar-refractivity contribution in [1.82, 2.24) is 0 Å². The van der Waals surface area contributed by atoms with E-state index >= 15 is 0 Å². The Labute approximate surface area is 106 Å². The van der Waals surface area contributed by atoms with Gasteiger partial charge in [-0.2, -0.15) is 0 Å². The van der Waals surface area contributed by atoms with Crippen molar-refractivity contribution >= 4 is 34.8 Å². The summed E-state index contributed by atoms with van der Waals surface area (Å²) in [4.78, 5) is 0. The number of nitrogens with two attached hydrogens (primary N) is 1. The standard InChI is InChI=1S/C11H14Cl3N/c1-11(2,3)10(15)8-6(12)4-5-7(13)9(8)14/h4-5,10H,15H2,1-3H3/t10-/m0/s1. The van der Waals surface area contributed by atoms with Crippen molar-refractivity contribution in [1.29, 1.82) is 0 Å². The predicted molar refractivity (Wildman–Crippen MR) is 67.9 cm³/mol. The Bertz CT molecular complexity index is 369. The lowest BCUT2D eigenvalue weighted by molar-refractivity contribution is 0.327. The zero-order valence-electron chi connectivity index (χ0n) is 8.94. The average molecular weight is 267 g/mol. The van der Waals surface area contributed by atoms with Gasteiger partial charge in [0.05, 0.1) is 10.0 Å². The topological polar surface area (TPSA) is 26.0 Å². The highest BCUT2D eigenvalue weighted by Gasteiger charge is 2.27. The molecule has 0 amide bonds. The lowest BCUT2D eigenvalue weighted by atomic mass is 9.83. The summed E-state index contributed by atoms with van der Waals surface area (Å²) >= 11 is 18.1. The van der Waals surface area contributed by atoms with Gasteiger partial charge in [0, 0.05) is 16.6 Å². The van der Waals surface area contributed by atoms with Gasteiger partial charge in [-0.3, -0.25) is 0 Å². The average Bonchev–Trinajstić information content (AvgIpc) is 2.10. The Morgan fingerprint density at radius 3 is 2.00 bits per heavy atom. The van der Waals surface area contributed by atoms with E-state index in [1.807, 2.05) is 20.8 Å². The molecule has 2 N–H and O–H groups in total. The van der Waals surface area contributed by atoms with Crippen LogP contribution in [0.4, 0.5) is 0 Å². The fourth-order valence-electron chi connectivity index (χ4n) is 1.26.